The molecule has 0 saturated heterocycles. The molecular formula is C23H40O2. The number of carboxylic acids is 1. The molecule has 2 heteroatoms. The average molecular weight is 349 g/mol. The van der Waals surface area contributed by atoms with Gasteiger partial charge in [-0.05, 0) is 50.4 Å². The topological polar surface area (TPSA) is 37.3 Å². The minimum absolute atomic E-state index is 0.311. The summed E-state index contributed by atoms with van der Waals surface area (Å²) in [6, 6.07) is 0. The fraction of sp³-hybridized carbons (Fsp3) is 0.696. The SMILES string of the molecule is CCCCC(C)(C=CCC=CCC=CCCCCCCC(=O)O)CC. The third-order valence-corrected chi connectivity index (χ3v) is 4.82. The molecule has 0 aromatic carbocycles. The highest BCUT2D eigenvalue weighted by Crippen LogP contribution is 2.29. The molecule has 25 heavy (non-hydrogen) atoms. The van der Waals surface area contributed by atoms with Crippen LogP contribution in [-0.2, 0) is 4.79 Å². The molecule has 1 atom stereocenters. The van der Waals surface area contributed by atoms with Crippen LogP contribution < -0.4 is 0 Å². The Labute approximate surface area is 156 Å². The van der Waals surface area contributed by atoms with Crippen LogP contribution in [0.25, 0.3) is 0 Å². The summed E-state index contributed by atoms with van der Waals surface area (Å²) in [4.78, 5) is 10.4. The number of rotatable bonds is 16. The van der Waals surface area contributed by atoms with E-state index in [4.69, 9.17) is 5.11 Å². The zero-order chi connectivity index (χ0) is 18.8. The highest BCUT2D eigenvalue weighted by Gasteiger charge is 2.16. The lowest BCUT2D eigenvalue weighted by atomic mass is 9.82. The zero-order valence-electron chi connectivity index (χ0n) is 16.8. The number of aliphatic carboxylic acids is 1. The Bertz CT molecular complexity index is 406. The number of unbranched alkanes of at least 4 members (excludes halogenated alkanes) is 5. The molecule has 1 N–H and O–H groups in total. The van der Waals surface area contributed by atoms with Crippen molar-refractivity contribution in [1.29, 1.82) is 0 Å². The highest BCUT2D eigenvalue weighted by molar-refractivity contribution is 5.66. The minimum atomic E-state index is -0.679. The standard InChI is InChI=1S/C23H40O2/c1-4-6-20-23(3,5-2)21-18-16-14-12-10-8-7-9-11-13-15-17-19-22(24)25/h7-8,12,14,18,21H,4-6,9-11,13,15-17,19-20H2,1-3H3,(H,24,25). The van der Waals surface area contributed by atoms with E-state index in [1.54, 1.807) is 0 Å². The van der Waals surface area contributed by atoms with E-state index in [1.165, 1.54) is 25.7 Å². The van der Waals surface area contributed by atoms with Gasteiger partial charge in [-0.25, -0.2) is 0 Å². The molecule has 0 spiro atoms. The number of carboxylic acid groups (broad SMARTS) is 1. The Hall–Kier alpha value is -1.31. The molecule has 0 fully saturated rings. The van der Waals surface area contributed by atoms with Crippen LogP contribution >= 0.6 is 0 Å². The minimum Gasteiger partial charge on any atom is -0.481 e. The monoisotopic (exact) mass is 348 g/mol. The Balaban J connectivity index is 3.67. The van der Waals surface area contributed by atoms with Crippen molar-refractivity contribution in [1.82, 2.24) is 0 Å². The van der Waals surface area contributed by atoms with E-state index in [-0.39, 0.29) is 0 Å². The first-order chi connectivity index (χ1) is 12.0. The van der Waals surface area contributed by atoms with Crippen LogP contribution in [0.4, 0.5) is 0 Å². The molecular weight excluding hydrogens is 308 g/mol. The summed E-state index contributed by atoms with van der Waals surface area (Å²) in [5.41, 5.74) is 0.369. The molecule has 0 aliphatic carbocycles. The number of carbonyl (C=O) groups is 1. The lowest BCUT2D eigenvalue weighted by Crippen LogP contribution is -2.11. The van der Waals surface area contributed by atoms with Gasteiger partial charge in [0.1, 0.15) is 0 Å². The Morgan fingerprint density at radius 1 is 0.880 bits per heavy atom. The van der Waals surface area contributed by atoms with Crippen LogP contribution in [0.3, 0.4) is 0 Å². The smallest absolute Gasteiger partial charge is 0.303 e. The van der Waals surface area contributed by atoms with Crippen LogP contribution in [-0.4, -0.2) is 11.1 Å². The summed E-state index contributed by atoms with van der Waals surface area (Å²) >= 11 is 0. The first-order valence-electron chi connectivity index (χ1n) is 10.2. The predicted molar refractivity (Wildman–Crippen MR) is 110 cm³/mol. The van der Waals surface area contributed by atoms with Gasteiger partial charge in [0.05, 0.1) is 0 Å². The molecule has 0 aliphatic heterocycles. The molecule has 0 rings (SSSR count). The molecule has 144 valence electrons. The molecule has 0 bridgehead atoms. The molecule has 1 unspecified atom stereocenters. The number of allylic oxidation sites excluding steroid dienone is 6. The second-order valence-electron chi connectivity index (χ2n) is 7.27. The Morgan fingerprint density at radius 2 is 1.52 bits per heavy atom. The van der Waals surface area contributed by atoms with E-state index in [9.17, 15) is 4.79 Å². The quantitative estimate of drug-likeness (QED) is 0.232. The molecule has 2 nitrogen and oxygen atoms in total. The van der Waals surface area contributed by atoms with Crippen LogP contribution in [0.15, 0.2) is 36.5 Å². The number of hydrogen-bond donors (Lipinski definition) is 1. The molecule has 0 aromatic rings. The summed E-state index contributed by atoms with van der Waals surface area (Å²) in [5, 5.41) is 8.56. The zero-order valence-corrected chi connectivity index (χ0v) is 16.8. The van der Waals surface area contributed by atoms with Crippen LogP contribution in [0.1, 0.15) is 97.8 Å². The van der Waals surface area contributed by atoms with E-state index in [1.807, 2.05) is 0 Å². The van der Waals surface area contributed by atoms with Crippen LogP contribution in [0.5, 0.6) is 0 Å². The maximum absolute atomic E-state index is 10.4. The third kappa shape index (κ3) is 15.9. The van der Waals surface area contributed by atoms with E-state index in [2.05, 4.69) is 57.2 Å². The lowest BCUT2D eigenvalue weighted by molar-refractivity contribution is -0.137. The fourth-order valence-electron chi connectivity index (χ4n) is 2.77. The van der Waals surface area contributed by atoms with Gasteiger partial charge in [-0.3, -0.25) is 4.79 Å². The highest BCUT2D eigenvalue weighted by atomic mass is 16.4. The van der Waals surface area contributed by atoms with Gasteiger partial charge >= 0.3 is 5.97 Å². The van der Waals surface area contributed by atoms with Gasteiger partial charge < -0.3 is 5.11 Å². The summed E-state index contributed by atoms with van der Waals surface area (Å²) in [7, 11) is 0. The van der Waals surface area contributed by atoms with Crippen molar-refractivity contribution in [3.63, 3.8) is 0 Å². The first-order valence-corrected chi connectivity index (χ1v) is 10.2. The van der Waals surface area contributed by atoms with Crippen LogP contribution in [0.2, 0.25) is 0 Å². The normalized spacial score (nSPS) is 14.7. The summed E-state index contributed by atoms with van der Waals surface area (Å²) in [5.74, 6) is -0.679. The summed E-state index contributed by atoms with van der Waals surface area (Å²) < 4.78 is 0. The average Bonchev–Trinajstić information content (AvgIpc) is 2.60. The fourth-order valence-corrected chi connectivity index (χ4v) is 2.77. The van der Waals surface area contributed by atoms with E-state index < -0.39 is 5.97 Å². The van der Waals surface area contributed by atoms with Crippen molar-refractivity contribution in [3.8, 4) is 0 Å². The molecule has 0 radical (unpaired) electrons. The van der Waals surface area contributed by atoms with Gasteiger partial charge in [-0.2, -0.15) is 0 Å². The van der Waals surface area contributed by atoms with Gasteiger partial charge in [0.2, 0.25) is 0 Å². The molecule has 0 aliphatic rings. The third-order valence-electron chi connectivity index (χ3n) is 4.82. The van der Waals surface area contributed by atoms with Crippen molar-refractivity contribution < 1.29 is 9.90 Å². The van der Waals surface area contributed by atoms with Gasteiger partial charge in [0.15, 0.2) is 0 Å². The lowest BCUT2D eigenvalue weighted by Gasteiger charge is -2.23. The van der Waals surface area contributed by atoms with Gasteiger partial charge in [0.25, 0.3) is 0 Å². The first kappa shape index (κ1) is 23.7. The van der Waals surface area contributed by atoms with Crippen molar-refractivity contribution in [2.45, 2.75) is 97.8 Å². The maximum Gasteiger partial charge on any atom is 0.303 e. The van der Waals surface area contributed by atoms with E-state index in [0.29, 0.717) is 11.8 Å². The van der Waals surface area contributed by atoms with Crippen molar-refractivity contribution >= 4 is 5.97 Å². The largest absolute Gasteiger partial charge is 0.481 e. The Morgan fingerprint density at radius 3 is 2.16 bits per heavy atom. The maximum atomic E-state index is 10.4. The molecule has 0 aromatic heterocycles. The second kappa shape index (κ2) is 16.2. The molecule has 0 amide bonds. The molecule has 0 saturated carbocycles. The van der Waals surface area contributed by atoms with Crippen LogP contribution in [0, 0.1) is 5.41 Å². The number of hydrogen-bond acceptors (Lipinski definition) is 1. The molecule has 0 heterocycles. The predicted octanol–water partition coefficient (Wildman–Crippen LogP) is 7.47. The van der Waals surface area contributed by atoms with Gasteiger partial charge in [0, 0.05) is 6.42 Å². The van der Waals surface area contributed by atoms with Gasteiger partial charge in [-0.1, -0.05) is 82.9 Å². The van der Waals surface area contributed by atoms with Gasteiger partial charge in [-0.15, -0.1) is 0 Å². The van der Waals surface area contributed by atoms with Crippen molar-refractivity contribution in [2.75, 3.05) is 0 Å². The van der Waals surface area contributed by atoms with E-state index in [0.717, 1.165) is 44.9 Å². The Kier molecular flexibility index (Phi) is 15.3. The summed E-state index contributed by atoms with van der Waals surface area (Å²) in [6.45, 7) is 6.91. The van der Waals surface area contributed by atoms with Crippen molar-refractivity contribution in [2.24, 2.45) is 5.41 Å². The second-order valence-corrected chi connectivity index (χ2v) is 7.27. The van der Waals surface area contributed by atoms with Crippen molar-refractivity contribution in [3.05, 3.63) is 36.5 Å². The summed E-state index contributed by atoms with van der Waals surface area (Å²) in [6.07, 6.45) is 26.4. The van der Waals surface area contributed by atoms with E-state index >= 15 is 0 Å².